The van der Waals surface area contributed by atoms with Crippen LogP contribution < -0.4 is 10.6 Å². The monoisotopic (exact) mass is 264 g/mol. The van der Waals surface area contributed by atoms with Crippen molar-refractivity contribution in [3.63, 3.8) is 0 Å². The van der Waals surface area contributed by atoms with E-state index >= 15 is 0 Å². The zero-order valence-corrected chi connectivity index (χ0v) is 11.1. The number of hydrogen-bond acceptors (Lipinski definition) is 4. The molecule has 0 radical (unpaired) electrons. The van der Waals surface area contributed by atoms with E-state index in [-0.39, 0.29) is 28.4 Å². The summed E-state index contributed by atoms with van der Waals surface area (Å²) in [5.74, 6) is -0.565. The number of rotatable bonds is 3. The Balaban J connectivity index is 1.97. The molecule has 0 unspecified atom stereocenters. The second-order valence-corrected chi connectivity index (χ2v) is 5.44. The number of piperidine rings is 1. The molecule has 2 rings (SSSR count). The van der Waals surface area contributed by atoms with Gasteiger partial charge in [0.25, 0.3) is 5.91 Å². The molecular weight excluding hydrogens is 244 g/mol. The lowest BCUT2D eigenvalue weighted by Gasteiger charge is -2.34. The minimum Gasteiger partial charge on any atom is -0.508 e. The van der Waals surface area contributed by atoms with Gasteiger partial charge in [0, 0.05) is 12.6 Å². The molecule has 19 heavy (non-hydrogen) atoms. The van der Waals surface area contributed by atoms with Gasteiger partial charge in [-0.2, -0.15) is 0 Å². The number of hydrogen-bond donors (Lipinski definition) is 4. The standard InChI is InChI=1S/C14H20N2O3/c1-14(4-6-15-7-5-14)9-16-13(19)11-3-2-10(17)8-12(11)18/h2-3,8,15,17-18H,4-7,9H2,1H3,(H,16,19). The Morgan fingerprint density at radius 1 is 1.37 bits per heavy atom. The smallest absolute Gasteiger partial charge is 0.255 e. The Kier molecular flexibility index (Phi) is 3.95. The molecule has 0 saturated carbocycles. The summed E-state index contributed by atoms with van der Waals surface area (Å²) in [6.07, 6.45) is 2.05. The summed E-state index contributed by atoms with van der Waals surface area (Å²) in [5.41, 5.74) is 0.295. The lowest BCUT2D eigenvalue weighted by molar-refractivity contribution is 0.0919. The van der Waals surface area contributed by atoms with Gasteiger partial charge >= 0.3 is 0 Å². The molecule has 0 atom stereocenters. The fourth-order valence-corrected chi connectivity index (χ4v) is 2.31. The quantitative estimate of drug-likeness (QED) is 0.661. The maximum Gasteiger partial charge on any atom is 0.255 e. The third kappa shape index (κ3) is 3.38. The molecule has 1 aliphatic heterocycles. The molecule has 0 spiro atoms. The third-order valence-corrected chi connectivity index (χ3v) is 3.71. The van der Waals surface area contributed by atoms with Crippen LogP contribution in [-0.2, 0) is 0 Å². The number of carbonyl (C=O) groups excluding carboxylic acids is 1. The van der Waals surface area contributed by atoms with E-state index in [9.17, 15) is 15.0 Å². The Labute approximate surface area is 112 Å². The molecule has 5 nitrogen and oxygen atoms in total. The molecule has 1 aliphatic rings. The minimum absolute atomic E-state index is 0.0561. The van der Waals surface area contributed by atoms with Crippen LogP contribution in [0.1, 0.15) is 30.1 Å². The highest BCUT2D eigenvalue weighted by Gasteiger charge is 2.27. The fourth-order valence-electron chi connectivity index (χ4n) is 2.31. The van der Waals surface area contributed by atoms with Crippen LogP contribution in [-0.4, -0.2) is 35.8 Å². The first-order valence-electron chi connectivity index (χ1n) is 6.51. The van der Waals surface area contributed by atoms with Crippen LogP contribution in [0, 0.1) is 5.41 Å². The van der Waals surface area contributed by atoms with Gasteiger partial charge in [0.2, 0.25) is 0 Å². The van der Waals surface area contributed by atoms with Crippen LogP contribution in [0.3, 0.4) is 0 Å². The van der Waals surface area contributed by atoms with Crippen LogP contribution in [0.25, 0.3) is 0 Å². The van der Waals surface area contributed by atoms with Crippen molar-refractivity contribution in [1.82, 2.24) is 10.6 Å². The van der Waals surface area contributed by atoms with Crippen LogP contribution in [0.2, 0.25) is 0 Å². The van der Waals surface area contributed by atoms with E-state index in [1.54, 1.807) is 0 Å². The maximum atomic E-state index is 12.0. The van der Waals surface area contributed by atoms with Gasteiger partial charge in [0.1, 0.15) is 11.5 Å². The number of phenolic OH excluding ortho intramolecular Hbond substituents is 2. The molecule has 0 bridgehead atoms. The van der Waals surface area contributed by atoms with Gasteiger partial charge in [0.05, 0.1) is 5.56 Å². The number of nitrogens with one attached hydrogen (secondary N) is 2. The summed E-state index contributed by atoms with van der Waals surface area (Å²) in [5, 5.41) is 25.0. The van der Waals surface area contributed by atoms with Crippen molar-refractivity contribution < 1.29 is 15.0 Å². The van der Waals surface area contributed by atoms with Gasteiger partial charge in [-0.3, -0.25) is 4.79 Å². The molecular formula is C14H20N2O3. The van der Waals surface area contributed by atoms with Crippen molar-refractivity contribution in [2.24, 2.45) is 5.41 Å². The summed E-state index contributed by atoms with van der Waals surface area (Å²) < 4.78 is 0. The number of phenols is 2. The molecule has 1 amide bonds. The Morgan fingerprint density at radius 3 is 2.68 bits per heavy atom. The third-order valence-electron chi connectivity index (χ3n) is 3.71. The highest BCUT2D eigenvalue weighted by Crippen LogP contribution is 2.27. The first-order valence-corrected chi connectivity index (χ1v) is 6.51. The summed E-state index contributed by atoms with van der Waals surface area (Å²) >= 11 is 0. The van der Waals surface area contributed by atoms with E-state index in [1.165, 1.54) is 18.2 Å². The van der Waals surface area contributed by atoms with Crippen molar-refractivity contribution in [3.05, 3.63) is 23.8 Å². The zero-order valence-electron chi connectivity index (χ0n) is 11.1. The summed E-state index contributed by atoms with van der Waals surface area (Å²) in [6.45, 7) is 4.69. The fraction of sp³-hybridized carbons (Fsp3) is 0.500. The molecule has 1 aromatic rings. The van der Waals surface area contributed by atoms with Crippen molar-refractivity contribution in [1.29, 1.82) is 0 Å². The number of amides is 1. The van der Waals surface area contributed by atoms with Gasteiger partial charge in [-0.1, -0.05) is 6.92 Å². The van der Waals surface area contributed by atoms with E-state index < -0.39 is 0 Å². The zero-order chi connectivity index (χ0) is 13.9. The summed E-state index contributed by atoms with van der Waals surface area (Å²) in [4.78, 5) is 12.0. The molecule has 1 fully saturated rings. The highest BCUT2D eigenvalue weighted by atomic mass is 16.3. The Hall–Kier alpha value is -1.75. The number of benzene rings is 1. The van der Waals surface area contributed by atoms with Crippen molar-refractivity contribution in [3.8, 4) is 11.5 Å². The van der Waals surface area contributed by atoms with E-state index in [1.807, 2.05) is 0 Å². The summed E-state index contributed by atoms with van der Waals surface area (Å²) in [6, 6.07) is 3.98. The topological polar surface area (TPSA) is 81.6 Å². The van der Waals surface area contributed by atoms with Gasteiger partial charge in [0.15, 0.2) is 0 Å². The van der Waals surface area contributed by atoms with E-state index in [0.717, 1.165) is 25.9 Å². The normalized spacial score (nSPS) is 17.9. The van der Waals surface area contributed by atoms with Crippen LogP contribution in [0.15, 0.2) is 18.2 Å². The first-order chi connectivity index (χ1) is 9.00. The van der Waals surface area contributed by atoms with E-state index in [2.05, 4.69) is 17.6 Å². The van der Waals surface area contributed by atoms with Gasteiger partial charge < -0.3 is 20.8 Å². The minimum atomic E-state index is -0.308. The average molecular weight is 264 g/mol. The van der Waals surface area contributed by atoms with E-state index in [4.69, 9.17) is 0 Å². The maximum absolute atomic E-state index is 12.0. The van der Waals surface area contributed by atoms with Crippen LogP contribution in [0.4, 0.5) is 0 Å². The predicted molar refractivity (Wildman–Crippen MR) is 72.3 cm³/mol. The predicted octanol–water partition coefficient (Wildman–Crippen LogP) is 1.22. The first kappa shape index (κ1) is 13.7. The van der Waals surface area contributed by atoms with Gasteiger partial charge in [-0.25, -0.2) is 0 Å². The molecule has 1 saturated heterocycles. The largest absolute Gasteiger partial charge is 0.508 e. The molecule has 5 heteroatoms. The van der Waals surface area contributed by atoms with Gasteiger partial charge in [-0.15, -0.1) is 0 Å². The molecule has 1 aromatic carbocycles. The number of carbonyl (C=O) groups is 1. The molecule has 0 aliphatic carbocycles. The molecule has 0 aromatic heterocycles. The van der Waals surface area contributed by atoms with Crippen LogP contribution in [0.5, 0.6) is 11.5 Å². The van der Waals surface area contributed by atoms with Crippen molar-refractivity contribution >= 4 is 5.91 Å². The lowest BCUT2D eigenvalue weighted by atomic mass is 9.81. The van der Waals surface area contributed by atoms with E-state index in [0.29, 0.717) is 6.54 Å². The molecule has 4 N–H and O–H groups in total. The number of aromatic hydroxyl groups is 2. The molecule has 1 heterocycles. The Bertz CT molecular complexity index is 468. The molecule has 104 valence electrons. The second-order valence-electron chi connectivity index (χ2n) is 5.44. The van der Waals surface area contributed by atoms with Crippen molar-refractivity contribution in [2.45, 2.75) is 19.8 Å². The Morgan fingerprint density at radius 2 is 2.05 bits per heavy atom. The van der Waals surface area contributed by atoms with Crippen LogP contribution >= 0.6 is 0 Å². The highest BCUT2D eigenvalue weighted by molar-refractivity contribution is 5.97. The van der Waals surface area contributed by atoms with Gasteiger partial charge in [-0.05, 0) is 43.5 Å². The van der Waals surface area contributed by atoms with Crippen molar-refractivity contribution in [2.75, 3.05) is 19.6 Å². The average Bonchev–Trinajstić information content (AvgIpc) is 2.37. The SMILES string of the molecule is CC1(CNC(=O)c2ccc(O)cc2O)CCNCC1. The lowest BCUT2D eigenvalue weighted by Crippen LogP contribution is -2.42. The summed E-state index contributed by atoms with van der Waals surface area (Å²) in [7, 11) is 0. The second kappa shape index (κ2) is 5.48.